The summed E-state index contributed by atoms with van der Waals surface area (Å²) in [4.78, 5) is 64.7. The third kappa shape index (κ3) is 12.8. The molecule has 21 nitrogen and oxygen atoms in total. The molecule has 0 aromatic carbocycles. The largest absolute Gasteiger partial charge is 0.460 e. The SMILES string of the molecule is CC(C)(C)OC(=O)CC1=N[C@@](C)(c2nc(N)ccc2F)[C@H]2CCN=[S@@]2(=O)C1(C)C.CC(C)(C)OC(=O)CC1=N[C@](C)(c2nc(N)ccc2F)[C@@H]2CCN=[S@]2(=O)C1(C)C.CC(C)(C)OC(=O)CC1=N[C@](C)(c2nc(N)ccc2F)[C@@H]2CCN=[S@]2(=O)C1(C)C. The molecule has 6 N–H and O–H groups in total. The fraction of sp³-hybridized carbons (Fsp3) is 0.650. The molecule has 9 rings (SSSR count). The summed E-state index contributed by atoms with van der Waals surface area (Å²) < 4.78 is 113. The van der Waals surface area contributed by atoms with Crippen molar-refractivity contribution in [1.29, 1.82) is 0 Å². The van der Waals surface area contributed by atoms with E-state index in [1.54, 1.807) is 125 Å². The zero-order chi connectivity index (χ0) is 65.5. The van der Waals surface area contributed by atoms with E-state index in [4.69, 9.17) is 46.4 Å². The molecule has 27 heteroatoms. The van der Waals surface area contributed by atoms with Gasteiger partial charge >= 0.3 is 17.9 Å². The van der Waals surface area contributed by atoms with Crippen LogP contribution in [0.2, 0.25) is 0 Å². The Labute approximate surface area is 510 Å². The van der Waals surface area contributed by atoms with Gasteiger partial charge in [0.05, 0.1) is 78.4 Å². The van der Waals surface area contributed by atoms with E-state index >= 15 is 0 Å². The number of halogens is 3. The van der Waals surface area contributed by atoms with Gasteiger partial charge in [0, 0.05) is 36.8 Å². The zero-order valence-corrected chi connectivity index (χ0v) is 55.8. The summed E-state index contributed by atoms with van der Waals surface area (Å²) in [5.41, 5.74) is 12.9. The van der Waals surface area contributed by atoms with Crippen LogP contribution in [0.15, 0.2) is 64.5 Å². The van der Waals surface area contributed by atoms with E-state index in [2.05, 4.69) is 28.0 Å². The maximum atomic E-state index is 14.8. The average molecular weight is 1270 g/mol. The molecule has 0 unspecified atom stereocenters. The molecule has 0 spiro atoms. The van der Waals surface area contributed by atoms with Gasteiger partial charge in [0.15, 0.2) is 0 Å². The van der Waals surface area contributed by atoms with E-state index in [-0.39, 0.29) is 53.8 Å². The Morgan fingerprint density at radius 2 is 0.667 bits per heavy atom. The van der Waals surface area contributed by atoms with Crippen LogP contribution >= 0.6 is 0 Å². The van der Waals surface area contributed by atoms with Crippen molar-refractivity contribution in [3.05, 3.63) is 70.9 Å². The second-order valence-corrected chi connectivity index (χ2v) is 36.7. The van der Waals surface area contributed by atoms with E-state index in [1.807, 2.05) is 0 Å². The van der Waals surface area contributed by atoms with Gasteiger partial charge in [-0.05, 0) is 180 Å². The normalized spacial score (nSPS) is 30.9. The van der Waals surface area contributed by atoms with Crippen LogP contribution in [-0.4, -0.2) is 129 Å². The third-order valence-electron chi connectivity index (χ3n) is 16.7. The topological polar surface area (TPSA) is 321 Å². The van der Waals surface area contributed by atoms with Crippen LogP contribution in [0, 0.1) is 17.5 Å². The second-order valence-electron chi connectivity index (χ2n) is 27.7. The van der Waals surface area contributed by atoms with Crippen molar-refractivity contribution < 1.29 is 54.4 Å². The molecule has 0 bridgehead atoms. The minimum absolute atomic E-state index is 0.0320. The number of ether oxygens (including phenoxy) is 3. The molecule has 87 heavy (non-hydrogen) atoms. The van der Waals surface area contributed by atoms with Crippen molar-refractivity contribution in [1.82, 2.24) is 15.0 Å². The Morgan fingerprint density at radius 1 is 0.448 bits per heavy atom. The standard InChI is InChI=1S/3C20H29FN4O3S/c3*1-18(2,3)28-16(26)11-13-19(4,5)29(27)14(9-10-23-29)20(6,25-13)17-12(21)7-8-15(22)24-17/h3*7-8,14H,9-11H2,1-6H3,(H2,22,24)/t3*14-,20-,29+/m100/s1. The van der Waals surface area contributed by atoms with Gasteiger partial charge in [-0.25, -0.2) is 53.8 Å². The lowest BCUT2D eigenvalue weighted by Gasteiger charge is -2.45. The lowest BCUT2D eigenvalue weighted by molar-refractivity contribution is -0.154. The van der Waals surface area contributed by atoms with Crippen LogP contribution in [0.3, 0.4) is 0 Å². The quantitative estimate of drug-likeness (QED) is 0.133. The summed E-state index contributed by atoms with van der Waals surface area (Å²) in [5, 5.41) is -1.59. The highest BCUT2D eigenvalue weighted by atomic mass is 32.2. The Bertz CT molecular complexity index is 3400. The van der Waals surface area contributed by atoms with Gasteiger partial charge in [-0.3, -0.25) is 29.4 Å². The van der Waals surface area contributed by atoms with Crippen molar-refractivity contribution in [2.75, 3.05) is 36.8 Å². The molecular formula is C60H87F3N12O9S3. The number of aromatic nitrogens is 3. The number of hydrogen-bond acceptors (Lipinski definition) is 21. The molecule has 480 valence electrons. The Morgan fingerprint density at radius 3 is 0.874 bits per heavy atom. The Hall–Kier alpha value is -6.09. The second kappa shape index (κ2) is 23.1. The average Bonchev–Trinajstić information content (AvgIpc) is 1.71. The van der Waals surface area contributed by atoms with Crippen LogP contribution in [0.1, 0.15) is 180 Å². The van der Waals surface area contributed by atoms with Crippen molar-refractivity contribution in [2.45, 2.75) is 227 Å². The van der Waals surface area contributed by atoms with Crippen LogP contribution < -0.4 is 17.2 Å². The summed E-state index contributed by atoms with van der Waals surface area (Å²) in [5.74, 6) is -2.71. The molecule has 3 aromatic heterocycles. The Kier molecular flexibility index (Phi) is 18.1. The van der Waals surface area contributed by atoms with Gasteiger partial charge in [0.25, 0.3) is 0 Å². The number of anilines is 3. The van der Waals surface area contributed by atoms with Crippen molar-refractivity contribution in [2.24, 2.45) is 28.1 Å². The van der Waals surface area contributed by atoms with Crippen molar-refractivity contribution >= 4 is 81.7 Å². The Balaban J connectivity index is 0.000000186. The number of nitrogens with two attached hydrogens (primary N) is 3. The molecule has 0 radical (unpaired) electrons. The van der Waals surface area contributed by atoms with Crippen molar-refractivity contribution in [3.63, 3.8) is 0 Å². The summed E-state index contributed by atoms with van der Waals surface area (Å²) in [6.45, 7) is 32.9. The van der Waals surface area contributed by atoms with E-state index in [0.717, 1.165) is 0 Å². The lowest BCUT2D eigenvalue weighted by atomic mass is 9.88. The first-order chi connectivity index (χ1) is 39.6. The van der Waals surface area contributed by atoms with Gasteiger partial charge in [-0.2, -0.15) is 0 Å². The molecule has 0 saturated heterocycles. The number of nitrogen functional groups attached to an aromatic ring is 3. The molecular weight excluding hydrogens is 1190 g/mol. The van der Waals surface area contributed by atoms with Crippen LogP contribution in [0.25, 0.3) is 0 Å². The predicted molar refractivity (Wildman–Crippen MR) is 335 cm³/mol. The molecule has 0 fully saturated rings. The molecule has 3 aromatic rings. The maximum Gasteiger partial charge on any atom is 0.312 e. The van der Waals surface area contributed by atoms with E-state index < -0.39 is 128 Å². The number of esters is 3. The predicted octanol–water partition coefficient (Wildman–Crippen LogP) is 9.67. The monoisotopic (exact) mass is 1270 g/mol. The fourth-order valence-electron chi connectivity index (χ4n) is 12.3. The minimum Gasteiger partial charge on any atom is -0.460 e. The molecule has 0 amide bonds. The number of nitrogens with zero attached hydrogens (tertiary/aromatic N) is 9. The maximum absolute atomic E-state index is 14.8. The smallest absolute Gasteiger partial charge is 0.312 e. The first-order valence-corrected chi connectivity index (χ1v) is 33.7. The van der Waals surface area contributed by atoms with E-state index in [0.29, 0.717) is 56.0 Å². The third-order valence-corrected chi connectivity index (χ3v) is 27.9. The molecule has 0 aliphatic carbocycles. The van der Waals surface area contributed by atoms with Crippen LogP contribution in [0.5, 0.6) is 0 Å². The number of pyridine rings is 3. The first kappa shape index (κ1) is 68.4. The molecule has 0 saturated carbocycles. The van der Waals surface area contributed by atoms with Gasteiger partial charge < -0.3 is 31.4 Å². The number of carbonyl (C=O) groups excluding carboxylic acids is 3. The van der Waals surface area contributed by atoms with Gasteiger partial charge in [-0.1, -0.05) is 0 Å². The summed E-state index contributed by atoms with van der Waals surface area (Å²) in [6.07, 6.45) is 1.04. The zero-order valence-electron chi connectivity index (χ0n) is 53.3. The van der Waals surface area contributed by atoms with Crippen molar-refractivity contribution in [3.8, 4) is 0 Å². The van der Waals surface area contributed by atoms with Crippen LogP contribution in [-0.2, 0) is 74.4 Å². The summed E-state index contributed by atoms with van der Waals surface area (Å²) >= 11 is 0. The van der Waals surface area contributed by atoms with Crippen LogP contribution in [0.4, 0.5) is 30.6 Å². The molecule has 6 aliphatic rings. The highest BCUT2D eigenvalue weighted by Crippen LogP contribution is 2.52. The highest BCUT2D eigenvalue weighted by molar-refractivity contribution is 7.97. The number of hydrogen-bond donors (Lipinski definition) is 3. The lowest BCUT2D eigenvalue weighted by Crippen LogP contribution is -2.56. The number of carbonyl (C=O) groups is 3. The fourth-order valence-corrected chi connectivity index (χ4v) is 22.1. The van der Waals surface area contributed by atoms with Gasteiger partial charge in [0.2, 0.25) is 0 Å². The summed E-state index contributed by atoms with van der Waals surface area (Å²) in [7, 11) is -8.58. The number of aliphatic imine (C=N–C) groups is 3. The molecule has 9 atom stereocenters. The van der Waals surface area contributed by atoms with E-state index in [9.17, 15) is 40.2 Å². The minimum atomic E-state index is -2.86. The molecule has 9 heterocycles. The first-order valence-electron chi connectivity index (χ1n) is 29.0. The van der Waals surface area contributed by atoms with E-state index in [1.165, 1.54) is 36.4 Å². The van der Waals surface area contributed by atoms with Gasteiger partial charge in [0.1, 0.15) is 85.4 Å². The number of rotatable bonds is 9. The molecule has 6 aliphatic heterocycles. The van der Waals surface area contributed by atoms with Gasteiger partial charge in [-0.15, -0.1) is 0 Å². The highest BCUT2D eigenvalue weighted by Gasteiger charge is 2.61. The number of fused-ring (bicyclic) bond motifs is 3. The summed E-state index contributed by atoms with van der Waals surface area (Å²) in [6, 6.07) is 7.82.